The summed E-state index contributed by atoms with van der Waals surface area (Å²) in [5.41, 5.74) is 0.988. The molecular formula is C21H19N3O6. The van der Waals surface area contributed by atoms with Gasteiger partial charge in [0.1, 0.15) is 12.6 Å². The highest BCUT2D eigenvalue weighted by molar-refractivity contribution is 6.06. The first-order valence-corrected chi connectivity index (χ1v) is 9.55. The largest absolute Gasteiger partial charge is 0.459 e. The van der Waals surface area contributed by atoms with Crippen LogP contribution in [0.1, 0.15) is 28.8 Å². The quantitative estimate of drug-likeness (QED) is 0.427. The Labute approximate surface area is 172 Å². The number of nitro groups is 1. The van der Waals surface area contributed by atoms with E-state index in [2.05, 4.69) is 0 Å². The van der Waals surface area contributed by atoms with Crippen molar-refractivity contribution in [1.29, 1.82) is 0 Å². The molecule has 0 aromatic heterocycles. The molecule has 2 saturated heterocycles. The number of nitrogens with zero attached hydrogens (tertiary/aromatic N) is 3. The average molecular weight is 409 g/mol. The van der Waals surface area contributed by atoms with Crippen molar-refractivity contribution in [3.05, 3.63) is 75.8 Å². The molecule has 0 aliphatic carbocycles. The summed E-state index contributed by atoms with van der Waals surface area (Å²) in [4.78, 5) is 51.1. The van der Waals surface area contributed by atoms with Gasteiger partial charge in [0.25, 0.3) is 11.6 Å². The molecule has 9 heteroatoms. The van der Waals surface area contributed by atoms with Crippen LogP contribution in [0.3, 0.4) is 0 Å². The van der Waals surface area contributed by atoms with Gasteiger partial charge in [0, 0.05) is 24.2 Å². The molecule has 4 rings (SSSR count). The first-order chi connectivity index (χ1) is 14.5. The predicted molar refractivity (Wildman–Crippen MR) is 104 cm³/mol. The molecule has 2 aliphatic rings. The highest BCUT2D eigenvalue weighted by Crippen LogP contribution is 2.31. The fraction of sp³-hybridized carbons (Fsp3) is 0.286. The van der Waals surface area contributed by atoms with Crippen LogP contribution in [0.25, 0.3) is 0 Å². The molecule has 2 aromatic rings. The Morgan fingerprint density at radius 3 is 2.43 bits per heavy atom. The van der Waals surface area contributed by atoms with E-state index in [0.29, 0.717) is 30.5 Å². The van der Waals surface area contributed by atoms with Gasteiger partial charge in [0.15, 0.2) is 0 Å². The number of ether oxygens (including phenoxy) is 1. The van der Waals surface area contributed by atoms with Crippen LogP contribution in [0.2, 0.25) is 0 Å². The number of fused-ring (bicyclic) bond motifs is 2. The Hall–Kier alpha value is -3.75. The van der Waals surface area contributed by atoms with Gasteiger partial charge >= 0.3 is 12.0 Å². The van der Waals surface area contributed by atoms with Crippen LogP contribution in [0, 0.1) is 10.1 Å². The zero-order valence-electron chi connectivity index (χ0n) is 16.0. The Kier molecular flexibility index (Phi) is 5.18. The number of rotatable bonds is 5. The van der Waals surface area contributed by atoms with Gasteiger partial charge in [-0.25, -0.2) is 9.59 Å². The standard InChI is InChI=1S/C21H19N3O6/c25-19(15-4-2-1-3-5-15)23-17-10-11-18(22(12-17)21(23)27)20(26)30-13-14-6-8-16(9-7-14)24(28)29/h1-9,17-18H,10-13H2/t17-,18+/m0/s1. The van der Waals surface area contributed by atoms with Gasteiger partial charge < -0.3 is 9.64 Å². The number of urea groups is 1. The maximum absolute atomic E-state index is 12.9. The minimum absolute atomic E-state index is 0.0470. The van der Waals surface area contributed by atoms with Gasteiger partial charge in [-0.2, -0.15) is 0 Å². The van der Waals surface area contributed by atoms with Crippen molar-refractivity contribution in [3.8, 4) is 0 Å². The lowest BCUT2D eigenvalue weighted by molar-refractivity contribution is -0.384. The summed E-state index contributed by atoms with van der Waals surface area (Å²) >= 11 is 0. The fourth-order valence-corrected chi connectivity index (χ4v) is 3.85. The highest BCUT2D eigenvalue weighted by atomic mass is 16.6. The second-order valence-electron chi connectivity index (χ2n) is 7.25. The summed E-state index contributed by atoms with van der Waals surface area (Å²) in [6.07, 6.45) is 0.937. The summed E-state index contributed by atoms with van der Waals surface area (Å²) in [6.45, 7) is 0.250. The van der Waals surface area contributed by atoms with Crippen LogP contribution in [-0.4, -0.2) is 51.3 Å². The molecule has 2 bridgehead atoms. The molecule has 2 fully saturated rings. The molecule has 3 amide bonds. The van der Waals surface area contributed by atoms with E-state index in [1.807, 2.05) is 0 Å². The van der Waals surface area contributed by atoms with Gasteiger partial charge in [-0.3, -0.25) is 19.8 Å². The predicted octanol–water partition coefficient (Wildman–Crippen LogP) is 2.75. The van der Waals surface area contributed by atoms with E-state index in [-0.39, 0.29) is 24.2 Å². The number of non-ortho nitro benzene ring substituents is 1. The van der Waals surface area contributed by atoms with E-state index in [0.717, 1.165) is 0 Å². The van der Waals surface area contributed by atoms with Crippen LogP contribution in [0.5, 0.6) is 0 Å². The van der Waals surface area contributed by atoms with Crippen molar-refractivity contribution < 1.29 is 24.0 Å². The molecule has 2 aliphatic heterocycles. The van der Waals surface area contributed by atoms with Gasteiger partial charge in [0.2, 0.25) is 0 Å². The highest BCUT2D eigenvalue weighted by Gasteiger charge is 2.49. The lowest BCUT2D eigenvalue weighted by Crippen LogP contribution is -2.45. The number of nitro benzene ring substituents is 1. The third-order valence-corrected chi connectivity index (χ3v) is 5.41. The third kappa shape index (κ3) is 3.61. The van der Waals surface area contributed by atoms with Crippen molar-refractivity contribution in [1.82, 2.24) is 9.80 Å². The van der Waals surface area contributed by atoms with Crippen molar-refractivity contribution in [3.63, 3.8) is 0 Å². The Morgan fingerprint density at radius 2 is 1.77 bits per heavy atom. The monoisotopic (exact) mass is 409 g/mol. The molecule has 154 valence electrons. The Balaban J connectivity index is 1.40. The molecule has 2 atom stereocenters. The van der Waals surface area contributed by atoms with E-state index >= 15 is 0 Å². The first kappa shape index (κ1) is 19.6. The van der Waals surface area contributed by atoms with Crippen LogP contribution < -0.4 is 0 Å². The van der Waals surface area contributed by atoms with E-state index < -0.39 is 23.0 Å². The molecule has 0 unspecified atom stereocenters. The number of hydrogen-bond donors (Lipinski definition) is 0. The number of hydrogen-bond acceptors (Lipinski definition) is 6. The number of esters is 1. The minimum atomic E-state index is -0.750. The van der Waals surface area contributed by atoms with Gasteiger partial charge in [-0.15, -0.1) is 0 Å². The maximum Gasteiger partial charge on any atom is 0.329 e. The molecule has 0 N–H and O–H groups in total. The Bertz CT molecular complexity index is 992. The van der Waals surface area contributed by atoms with E-state index in [1.165, 1.54) is 34.1 Å². The smallest absolute Gasteiger partial charge is 0.329 e. The molecule has 2 aromatic carbocycles. The summed E-state index contributed by atoms with van der Waals surface area (Å²) in [7, 11) is 0. The van der Waals surface area contributed by atoms with Crippen molar-refractivity contribution >= 4 is 23.6 Å². The third-order valence-electron chi connectivity index (χ3n) is 5.41. The lowest BCUT2D eigenvalue weighted by atomic mass is 10.0. The molecule has 9 nitrogen and oxygen atoms in total. The van der Waals surface area contributed by atoms with Crippen molar-refractivity contribution in [2.75, 3.05) is 6.54 Å². The summed E-state index contributed by atoms with van der Waals surface area (Å²) < 4.78 is 5.34. The zero-order chi connectivity index (χ0) is 21.3. The molecule has 0 radical (unpaired) electrons. The summed E-state index contributed by atoms with van der Waals surface area (Å²) in [5, 5.41) is 10.7. The van der Waals surface area contributed by atoms with E-state index in [4.69, 9.17) is 4.74 Å². The zero-order valence-corrected chi connectivity index (χ0v) is 16.0. The van der Waals surface area contributed by atoms with Gasteiger partial charge in [0.05, 0.1) is 11.0 Å². The molecular weight excluding hydrogens is 390 g/mol. The van der Waals surface area contributed by atoms with E-state index in [1.54, 1.807) is 30.3 Å². The number of imide groups is 1. The number of piperidine rings is 1. The van der Waals surface area contributed by atoms with Gasteiger partial charge in [-0.1, -0.05) is 18.2 Å². The normalized spacial score (nSPS) is 20.2. The first-order valence-electron chi connectivity index (χ1n) is 9.55. The molecule has 0 saturated carbocycles. The number of benzene rings is 2. The SMILES string of the molecule is O=C(OCc1ccc([N+](=O)[O-])cc1)[C@H]1CC[C@H]2CN1C(=O)N2C(=O)c1ccccc1. The van der Waals surface area contributed by atoms with Crippen molar-refractivity contribution in [2.45, 2.75) is 31.5 Å². The summed E-state index contributed by atoms with van der Waals surface area (Å²) in [5.74, 6) is -0.915. The van der Waals surface area contributed by atoms with Gasteiger partial charge in [-0.05, 0) is 42.7 Å². The number of carbonyl (C=O) groups excluding carboxylic acids is 3. The van der Waals surface area contributed by atoms with Crippen LogP contribution in [-0.2, 0) is 16.1 Å². The Morgan fingerprint density at radius 1 is 1.07 bits per heavy atom. The topological polar surface area (TPSA) is 110 Å². The van der Waals surface area contributed by atoms with Crippen LogP contribution >= 0.6 is 0 Å². The number of amides is 3. The van der Waals surface area contributed by atoms with Crippen molar-refractivity contribution in [2.24, 2.45) is 0 Å². The maximum atomic E-state index is 12.9. The lowest BCUT2D eigenvalue weighted by Gasteiger charge is -2.28. The van der Waals surface area contributed by atoms with Crippen LogP contribution in [0.15, 0.2) is 54.6 Å². The minimum Gasteiger partial charge on any atom is -0.459 e. The second-order valence-corrected chi connectivity index (χ2v) is 7.25. The molecule has 2 heterocycles. The molecule has 30 heavy (non-hydrogen) atoms. The number of carbonyl (C=O) groups is 3. The van der Waals surface area contributed by atoms with E-state index in [9.17, 15) is 24.5 Å². The fourth-order valence-electron chi connectivity index (χ4n) is 3.85. The van der Waals surface area contributed by atoms with Crippen LogP contribution in [0.4, 0.5) is 10.5 Å². The molecule has 0 spiro atoms. The second kappa shape index (κ2) is 7.94. The summed E-state index contributed by atoms with van der Waals surface area (Å²) in [6, 6.07) is 12.8. The average Bonchev–Trinajstić information content (AvgIpc) is 3.02.